The molecule has 92 valence electrons. The monoisotopic (exact) mass is 236 g/mol. The van der Waals surface area contributed by atoms with Crippen LogP contribution < -0.4 is 5.73 Å². The van der Waals surface area contributed by atoms with E-state index in [0.29, 0.717) is 6.04 Å². The van der Waals surface area contributed by atoms with Gasteiger partial charge in [0.1, 0.15) is 0 Å². The van der Waals surface area contributed by atoms with Crippen molar-refractivity contribution in [1.29, 1.82) is 0 Å². The molecule has 0 aromatic heterocycles. The minimum absolute atomic E-state index is 0. The van der Waals surface area contributed by atoms with E-state index in [4.69, 9.17) is 10.5 Å². The number of hydrogen-bond donors (Lipinski definition) is 1. The molecule has 2 unspecified atom stereocenters. The van der Waals surface area contributed by atoms with Gasteiger partial charge >= 0.3 is 0 Å². The van der Waals surface area contributed by atoms with E-state index in [0.717, 1.165) is 19.1 Å². The van der Waals surface area contributed by atoms with E-state index in [9.17, 15) is 0 Å². The van der Waals surface area contributed by atoms with Crippen molar-refractivity contribution in [2.45, 2.75) is 32.2 Å². The lowest BCUT2D eigenvalue weighted by atomic mass is 9.94. The second-order valence-electron chi connectivity index (χ2n) is 4.38. The van der Waals surface area contributed by atoms with Gasteiger partial charge in [0, 0.05) is 19.7 Å². The highest BCUT2D eigenvalue weighted by molar-refractivity contribution is 5.85. The van der Waals surface area contributed by atoms with E-state index < -0.39 is 0 Å². The number of halogens is 1. The number of likely N-dealkylation sites (tertiary alicyclic amines) is 1. The fourth-order valence-electron chi connectivity index (χ4n) is 2.32. The summed E-state index contributed by atoms with van der Waals surface area (Å²) in [5, 5.41) is 0. The normalized spacial score (nSPS) is 24.6. The first-order valence-electron chi connectivity index (χ1n) is 5.71. The van der Waals surface area contributed by atoms with Crippen molar-refractivity contribution in [1.82, 2.24) is 4.90 Å². The third kappa shape index (κ3) is 5.16. The molecule has 0 amide bonds. The predicted octanol–water partition coefficient (Wildman–Crippen LogP) is 1.50. The van der Waals surface area contributed by atoms with Crippen molar-refractivity contribution in [2.75, 3.05) is 33.4 Å². The summed E-state index contributed by atoms with van der Waals surface area (Å²) in [5.41, 5.74) is 5.60. The predicted molar refractivity (Wildman–Crippen MR) is 66.6 cm³/mol. The molecular weight excluding hydrogens is 212 g/mol. The molecule has 4 heteroatoms. The number of rotatable bonds is 5. The highest BCUT2D eigenvalue weighted by atomic mass is 35.5. The van der Waals surface area contributed by atoms with E-state index in [-0.39, 0.29) is 12.4 Å². The summed E-state index contributed by atoms with van der Waals surface area (Å²) in [6, 6.07) is 0.556. The van der Waals surface area contributed by atoms with Crippen LogP contribution in [0.2, 0.25) is 0 Å². The maximum Gasteiger partial charge on any atom is 0.0615 e. The van der Waals surface area contributed by atoms with Crippen LogP contribution >= 0.6 is 12.4 Å². The molecule has 0 aromatic carbocycles. The molecular formula is C11H25ClN2O. The average molecular weight is 237 g/mol. The van der Waals surface area contributed by atoms with Crippen molar-refractivity contribution in [3.63, 3.8) is 0 Å². The van der Waals surface area contributed by atoms with Gasteiger partial charge in [-0.1, -0.05) is 0 Å². The van der Waals surface area contributed by atoms with Crippen molar-refractivity contribution in [3.8, 4) is 0 Å². The highest BCUT2D eigenvalue weighted by Gasteiger charge is 2.22. The molecule has 1 rings (SSSR count). The Hall–Kier alpha value is 0.170. The Labute approximate surface area is 99.7 Å². The zero-order chi connectivity index (χ0) is 10.4. The number of nitrogens with two attached hydrogens (primary N) is 1. The molecule has 1 aliphatic rings. The van der Waals surface area contributed by atoms with E-state index in [1.54, 1.807) is 7.11 Å². The molecule has 0 bridgehead atoms. The highest BCUT2D eigenvalue weighted by Crippen LogP contribution is 2.20. The summed E-state index contributed by atoms with van der Waals surface area (Å²) in [4.78, 5) is 2.54. The molecule has 15 heavy (non-hydrogen) atoms. The van der Waals surface area contributed by atoms with Crippen LogP contribution in [0.1, 0.15) is 26.2 Å². The van der Waals surface area contributed by atoms with Crippen molar-refractivity contribution in [2.24, 2.45) is 11.7 Å². The zero-order valence-electron chi connectivity index (χ0n) is 9.95. The summed E-state index contributed by atoms with van der Waals surface area (Å²) in [6.45, 7) is 6.36. The van der Waals surface area contributed by atoms with Gasteiger partial charge in [-0.15, -0.1) is 12.4 Å². The lowest BCUT2D eigenvalue weighted by molar-refractivity contribution is 0.0669. The van der Waals surface area contributed by atoms with E-state index >= 15 is 0 Å². The summed E-state index contributed by atoms with van der Waals surface area (Å²) < 4.78 is 5.19. The minimum atomic E-state index is 0. The Morgan fingerprint density at radius 1 is 1.53 bits per heavy atom. The van der Waals surface area contributed by atoms with Crippen molar-refractivity contribution < 1.29 is 4.74 Å². The Morgan fingerprint density at radius 2 is 2.27 bits per heavy atom. The Balaban J connectivity index is 0.00000196. The molecule has 0 radical (unpaired) electrons. The van der Waals surface area contributed by atoms with Crippen LogP contribution in [0.15, 0.2) is 0 Å². The largest absolute Gasteiger partial charge is 0.383 e. The third-order valence-corrected chi connectivity index (χ3v) is 3.16. The van der Waals surface area contributed by atoms with Gasteiger partial charge in [0.05, 0.1) is 6.61 Å². The van der Waals surface area contributed by atoms with E-state index in [1.807, 2.05) is 0 Å². The summed E-state index contributed by atoms with van der Waals surface area (Å²) in [6.07, 6.45) is 3.85. The Kier molecular flexibility index (Phi) is 8.43. The number of piperidine rings is 1. The van der Waals surface area contributed by atoms with E-state index in [1.165, 1.54) is 32.4 Å². The summed E-state index contributed by atoms with van der Waals surface area (Å²) >= 11 is 0. The summed E-state index contributed by atoms with van der Waals surface area (Å²) in [7, 11) is 1.78. The average Bonchev–Trinajstić information content (AvgIpc) is 2.19. The number of hydrogen-bond acceptors (Lipinski definition) is 3. The van der Waals surface area contributed by atoms with Gasteiger partial charge in [0.15, 0.2) is 0 Å². The maximum atomic E-state index is 5.60. The third-order valence-electron chi connectivity index (χ3n) is 3.16. The maximum absolute atomic E-state index is 5.60. The van der Waals surface area contributed by atoms with Gasteiger partial charge in [0.25, 0.3) is 0 Å². The van der Waals surface area contributed by atoms with Gasteiger partial charge < -0.3 is 10.5 Å². The van der Waals surface area contributed by atoms with Crippen LogP contribution in [0.25, 0.3) is 0 Å². The second-order valence-corrected chi connectivity index (χ2v) is 4.38. The first-order valence-corrected chi connectivity index (χ1v) is 5.71. The Morgan fingerprint density at radius 3 is 2.87 bits per heavy atom. The standard InChI is InChI=1S/C11H24N2O.ClH/c1-10(9-14-2)13-7-3-4-11(8-13)5-6-12;/h10-11H,3-9,12H2,1-2H3;1H. The van der Waals surface area contributed by atoms with Crippen molar-refractivity contribution in [3.05, 3.63) is 0 Å². The Bertz CT molecular complexity index is 152. The SMILES string of the molecule is COCC(C)N1CCCC(CCN)C1.Cl. The molecule has 2 atom stereocenters. The molecule has 2 N–H and O–H groups in total. The fourth-order valence-corrected chi connectivity index (χ4v) is 2.32. The van der Waals surface area contributed by atoms with Gasteiger partial charge in [-0.25, -0.2) is 0 Å². The van der Waals surface area contributed by atoms with Crippen LogP contribution in [0.5, 0.6) is 0 Å². The molecule has 0 aromatic rings. The molecule has 1 fully saturated rings. The number of ether oxygens (including phenoxy) is 1. The van der Waals surface area contributed by atoms with Gasteiger partial charge in [0.2, 0.25) is 0 Å². The van der Waals surface area contributed by atoms with Crippen LogP contribution in [-0.2, 0) is 4.74 Å². The van der Waals surface area contributed by atoms with Crippen LogP contribution in [0.3, 0.4) is 0 Å². The molecule has 1 aliphatic heterocycles. The quantitative estimate of drug-likeness (QED) is 0.787. The van der Waals surface area contributed by atoms with Gasteiger partial charge in [-0.05, 0) is 45.2 Å². The molecule has 1 heterocycles. The van der Waals surface area contributed by atoms with Crippen LogP contribution in [0, 0.1) is 5.92 Å². The van der Waals surface area contributed by atoms with Crippen LogP contribution in [-0.4, -0.2) is 44.3 Å². The molecule has 0 aliphatic carbocycles. The lowest BCUT2D eigenvalue weighted by Crippen LogP contribution is -2.43. The van der Waals surface area contributed by atoms with Gasteiger partial charge in [-0.3, -0.25) is 4.90 Å². The molecule has 0 saturated carbocycles. The first-order chi connectivity index (χ1) is 6.77. The minimum Gasteiger partial charge on any atom is -0.383 e. The number of nitrogens with zero attached hydrogens (tertiary/aromatic N) is 1. The van der Waals surface area contributed by atoms with E-state index in [2.05, 4.69) is 11.8 Å². The number of methoxy groups -OCH3 is 1. The first kappa shape index (κ1) is 15.2. The second kappa shape index (κ2) is 8.34. The topological polar surface area (TPSA) is 38.5 Å². The van der Waals surface area contributed by atoms with Gasteiger partial charge in [-0.2, -0.15) is 0 Å². The molecule has 1 saturated heterocycles. The van der Waals surface area contributed by atoms with Crippen LogP contribution in [0.4, 0.5) is 0 Å². The zero-order valence-corrected chi connectivity index (χ0v) is 10.8. The molecule has 3 nitrogen and oxygen atoms in total. The summed E-state index contributed by atoms with van der Waals surface area (Å²) in [5.74, 6) is 0.813. The smallest absolute Gasteiger partial charge is 0.0615 e. The fraction of sp³-hybridized carbons (Fsp3) is 1.00. The lowest BCUT2D eigenvalue weighted by Gasteiger charge is -2.36. The molecule has 0 spiro atoms. The van der Waals surface area contributed by atoms with Crippen molar-refractivity contribution >= 4 is 12.4 Å².